The SMILES string of the molecule is CC1=NS(=O)(=O)c2cc(S(=O)(=O)CC(=O)Nc3ccc(F)cc3)ccc2N1. The lowest BCUT2D eigenvalue weighted by atomic mass is 10.3. The molecule has 1 aliphatic heterocycles. The van der Waals surface area contributed by atoms with Gasteiger partial charge in [0.2, 0.25) is 5.91 Å². The second-order valence-electron chi connectivity index (χ2n) is 5.75. The molecule has 0 atom stereocenters. The van der Waals surface area contributed by atoms with E-state index in [0.29, 0.717) is 0 Å². The Bertz CT molecular complexity index is 1160. The van der Waals surface area contributed by atoms with Gasteiger partial charge in [0.25, 0.3) is 10.0 Å². The summed E-state index contributed by atoms with van der Waals surface area (Å²) in [5, 5.41) is 5.08. The minimum absolute atomic E-state index is 0.164. The highest BCUT2D eigenvalue weighted by atomic mass is 32.2. The highest BCUT2D eigenvalue weighted by Gasteiger charge is 2.27. The zero-order valence-electron chi connectivity index (χ0n) is 13.9. The lowest BCUT2D eigenvalue weighted by Gasteiger charge is -2.16. The molecule has 0 saturated carbocycles. The number of benzene rings is 2. The molecule has 0 bridgehead atoms. The number of halogens is 1. The van der Waals surface area contributed by atoms with Crippen LogP contribution in [0.4, 0.5) is 15.8 Å². The van der Waals surface area contributed by atoms with Gasteiger partial charge in [0.1, 0.15) is 22.3 Å². The Morgan fingerprint density at radius 2 is 1.85 bits per heavy atom. The van der Waals surface area contributed by atoms with Gasteiger partial charge in [-0.3, -0.25) is 4.79 Å². The molecule has 2 aromatic rings. The average molecular weight is 411 g/mol. The van der Waals surface area contributed by atoms with Crippen LogP contribution in [0.25, 0.3) is 0 Å². The van der Waals surface area contributed by atoms with Gasteiger partial charge in [-0.25, -0.2) is 12.8 Å². The van der Waals surface area contributed by atoms with E-state index < -0.39 is 37.3 Å². The highest BCUT2D eigenvalue weighted by Crippen LogP contribution is 2.30. The van der Waals surface area contributed by atoms with E-state index in [1.807, 2.05) is 0 Å². The molecule has 3 rings (SSSR count). The fraction of sp³-hybridized carbons (Fsp3) is 0.125. The zero-order valence-corrected chi connectivity index (χ0v) is 15.6. The molecule has 0 spiro atoms. The second-order valence-corrected chi connectivity index (χ2v) is 9.31. The Labute approximate surface area is 155 Å². The summed E-state index contributed by atoms with van der Waals surface area (Å²) in [5.74, 6) is -2.08. The van der Waals surface area contributed by atoms with Crippen molar-refractivity contribution in [1.82, 2.24) is 0 Å². The van der Waals surface area contributed by atoms with Crippen molar-refractivity contribution in [2.75, 3.05) is 16.4 Å². The van der Waals surface area contributed by atoms with Gasteiger partial charge in [0.15, 0.2) is 9.84 Å². The van der Waals surface area contributed by atoms with Gasteiger partial charge in [-0.1, -0.05) is 0 Å². The Hall–Kier alpha value is -2.79. The maximum atomic E-state index is 12.9. The predicted molar refractivity (Wildman–Crippen MR) is 97.4 cm³/mol. The third-order valence-corrected chi connectivity index (χ3v) is 6.63. The van der Waals surface area contributed by atoms with Crippen molar-refractivity contribution in [3.8, 4) is 0 Å². The third kappa shape index (κ3) is 4.14. The molecule has 0 unspecified atom stereocenters. The lowest BCUT2D eigenvalue weighted by molar-refractivity contribution is -0.113. The number of nitrogens with one attached hydrogen (secondary N) is 2. The summed E-state index contributed by atoms with van der Waals surface area (Å²) in [5.41, 5.74) is 0.441. The molecule has 11 heteroatoms. The number of sulfone groups is 1. The van der Waals surface area contributed by atoms with Crippen LogP contribution in [0, 0.1) is 5.82 Å². The molecule has 0 fully saturated rings. The topological polar surface area (TPSA) is 122 Å². The van der Waals surface area contributed by atoms with Gasteiger partial charge in [-0.2, -0.15) is 8.42 Å². The molecule has 1 heterocycles. The first-order valence-corrected chi connectivity index (χ1v) is 10.7. The number of rotatable bonds is 4. The molecular formula is C16H14FN3O5S2. The van der Waals surface area contributed by atoms with Crippen LogP contribution in [-0.2, 0) is 24.7 Å². The molecule has 142 valence electrons. The van der Waals surface area contributed by atoms with E-state index in [4.69, 9.17) is 0 Å². The van der Waals surface area contributed by atoms with Crippen LogP contribution in [0.1, 0.15) is 6.92 Å². The third-order valence-electron chi connectivity index (χ3n) is 3.61. The summed E-state index contributed by atoms with van der Waals surface area (Å²) in [4.78, 5) is 11.4. The van der Waals surface area contributed by atoms with Gasteiger partial charge in [0.05, 0.1) is 10.6 Å². The summed E-state index contributed by atoms with van der Waals surface area (Å²) in [6.45, 7) is 1.46. The average Bonchev–Trinajstić information content (AvgIpc) is 2.55. The Morgan fingerprint density at radius 1 is 1.19 bits per heavy atom. The Morgan fingerprint density at radius 3 is 2.52 bits per heavy atom. The molecular weight excluding hydrogens is 397 g/mol. The van der Waals surface area contributed by atoms with E-state index in [-0.39, 0.29) is 27.0 Å². The second kappa shape index (κ2) is 6.74. The molecule has 2 N–H and O–H groups in total. The van der Waals surface area contributed by atoms with E-state index in [9.17, 15) is 26.0 Å². The lowest BCUT2D eigenvalue weighted by Crippen LogP contribution is -2.24. The number of anilines is 2. The van der Waals surface area contributed by atoms with Crippen molar-refractivity contribution < 1.29 is 26.0 Å². The largest absolute Gasteiger partial charge is 0.342 e. The molecule has 0 radical (unpaired) electrons. The van der Waals surface area contributed by atoms with Crippen molar-refractivity contribution in [3.63, 3.8) is 0 Å². The minimum atomic E-state index is -4.11. The summed E-state index contributed by atoms with van der Waals surface area (Å²) in [6.07, 6.45) is 0. The van der Waals surface area contributed by atoms with Crippen molar-refractivity contribution in [1.29, 1.82) is 0 Å². The first-order valence-electron chi connectivity index (χ1n) is 7.58. The smallest absolute Gasteiger partial charge is 0.286 e. The first-order chi connectivity index (χ1) is 12.6. The Kier molecular flexibility index (Phi) is 4.74. The monoisotopic (exact) mass is 411 g/mol. The number of hydrogen-bond donors (Lipinski definition) is 2. The van der Waals surface area contributed by atoms with E-state index in [1.165, 1.54) is 31.2 Å². The van der Waals surface area contributed by atoms with Crippen LogP contribution in [0.2, 0.25) is 0 Å². The van der Waals surface area contributed by atoms with Crippen LogP contribution in [-0.4, -0.2) is 34.3 Å². The number of hydrogen-bond acceptors (Lipinski definition) is 6. The van der Waals surface area contributed by atoms with Crippen LogP contribution in [0.5, 0.6) is 0 Å². The number of sulfonamides is 1. The summed E-state index contributed by atoms with van der Waals surface area (Å²) in [7, 11) is -8.14. The molecule has 1 aliphatic rings. The number of amidine groups is 1. The maximum absolute atomic E-state index is 12.9. The summed E-state index contributed by atoms with van der Waals surface area (Å²) < 4.78 is 65.5. The van der Waals surface area contributed by atoms with Crippen molar-refractivity contribution in [3.05, 3.63) is 48.3 Å². The predicted octanol–water partition coefficient (Wildman–Crippen LogP) is 1.77. The van der Waals surface area contributed by atoms with Crippen molar-refractivity contribution >= 4 is 43.0 Å². The normalized spacial score (nSPS) is 15.3. The molecule has 27 heavy (non-hydrogen) atoms. The van der Waals surface area contributed by atoms with Crippen LogP contribution in [0.3, 0.4) is 0 Å². The van der Waals surface area contributed by atoms with Crippen LogP contribution in [0.15, 0.2) is 56.7 Å². The fourth-order valence-corrected chi connectivity index (χ4v) is 4.85. The number of carbonyl (C=O) groups is 1. The summed E-state index contributed by atoms with van der Waals surface area (Å²) >= 11 is 0. The van der Waals surface area contributed by atoms with Crippen molar-refractivity contribution in [2.45, 2.75) is 16.7 Å². The minimum Gasteiger partial charge on any atom is -0.342 e. The van der Waals surface area contributed by atoms with Crippen LogP contribution < -0.4 is 10.6 Å². The van der Waals surface area contributed by atoms with Gasteiger partial charge in [0, 0.05) is 5.69 Å². The van der Waals surface area contributed by atoms with Gasteiger partial charge in [-0.15, -0.1) is 4.40 Å². The zero-order chi connectivity index (χ0) is 19.8. The summed E-state index contributed by atoms with van der Waals surface area (Å²) in [6, 6.07) is 8.29. The quantitative estimate of drug-likeness (QED) is 0.791. The highest BCUT2D eigenvalue weighted by molar-refractivity contribution is 7.92. The standard InChI is InChI=1S/C16H14FN3O5S2/c1-10-18-14-7-6-13(8-15(14)27(24,25)20-10)26(22,23)9-16(21)19-12-4-2-11(17)3-5-12/h2-8H,9H2,1H3,(H,18,20)(H,19,21). The van der Waals surface area contributed by atoms with E-state index in [1.54, 1.807) is 0 Å². The number of carbonyl (C=O) groups excluding carboxylic acids is 1. The number of nitrogens with zero attached hydrogens (tertiary/aromatic N) is 1. The van der Waals surface area contributed by atoms with E-state index in [0.717, 1.165) is 18.2 Å². The number of amides is 1. The van der Waals surface area contributed by atoms with Crippen LogP contribution >= 0.6 is 0 Å². The Balaban J connectivity index is 1.84. The van der Waals surface area contributed by atoms with Gasteiger partial charge < -0.3 is 10.6 Å². The van der Waals surface area contributed by atoms with Gasteiger partial charge in [-0.05, 0) is 49.4 Å². The molecule has 1 amide bonds. The van der Waals surface area contributed by atoms with E-state index in [2.05, 4.69) is 15.0 Å². The van der Waals surface area contributed by atoms with Crippen molar-refractivity contribution in [2.24, 2.45) is 4.40 Å². The maximum Gasteiger partial charge on any atom is 0.286 e. The fourth-order valence-electron chi connectivity index (χ4n) is 2.45. The van der Waals surface area contributed by atoms with Gasteiger partial charge >= 0.3 is 0 Å². The van der Waals surface area contributed by atoms with E-state index >= 15 is 0 Å². The molecule has 0 aliphatic carbocycles. The number of fused-ring (bicyclic) bond motifs is 1. The molecule has 2 aromatic carbocycles. The molecule has 0 aromatic heterocycles. The molecule has 0 saturated heterocycles. The molecule has 8 nitrogen and oxygen atoms in total. The first kappa shape index (κ1) is 19.0.